The van der Waals surface area contributed by atoms with E-state index >= 15 is 0 Å². The van der Waals surface area contributed by atoms with E-state index in [-0.39, 0.29) is 6.04 Å². The van der Waals surface area contributed by atoms with E-state index in [1.807, 2.05) is 37.4 Å². The van der Waals surface area contributed by atoms with Crippen LogP contribution in [-0.4, -0.2) is 34.7 Å². The number of aromatic nitrogens is 3. The van der Waals surface area contributed by atoms with Crippen molar-refractivity contribution in [3.05, 3.63) is 54.1 Å². The summed E-state index contributed by atoms with van der Waals surface area (Å²) in [6.07, 6.45) is 1.88. The van der Waals surface area contributed by atoms with Crippen LogP contribution >= 0.6 is 11.3 Å². The molecular weight excluding hydrogens is 334 g/mol. The minimum absolute atomic E-state index is 0.104. The van der Waals surface area contributed by atoms with Crippen molar-refractivity contribution in [1.29, 1.82) is 0 Å². The standard InChI is InChI=1S/C18H19N5OS/c1-12-21-14(15-11-24-8-7-19-15)9-17(22-12)23-18-20-10-16(25-18)13-5-3-2-4-6-13/h2-6,9-10,15,19H,7-8,11H2,1H3,(H,20,21,22,23)/t15-/m1/s1. The number of hydrogen-bond acceptors (Lipinski definition) is 7. The predicted molar refractivity (Wildman–Crippen MR) is 99.2 cm³/mol. The molecule has 3 aromatic rings. The summed E-state index contributed by atoms with van der Waals surface area (Å²) in [5, 5.41) is 7.54. The molecule has 1 atom stereocenters. The second kappa shape index (κ2) is 7.26. The molecule has 0 unspecified atom stereocenters. The molecule has 25 heavy (non-hydrogen) atoms. The lowest BCUT2D eigenvalue weighted by molar-refractivity contribution is 0.0755. The Morgan fingerprint density at radius 2 is 2.12 bits per heavy atom. The fraction of sp³-hybridized carbons (Fsp3) is 0.278. The summed E-state index contributed by atoms with van der Waals surface area (Å²) in [6, 6.07) is 12.3. The number of aryl methyl sites for hydroxylation is 1. The van der Waals surface area contributed by atoms with Crippen molar-refractivity contribution in [2.75, 3.05) is 25.1 Å². The highest BCUT2D eigenvalue weighted by molar-refractivity contribution is 7.18. The molecule has 128 valence electrons. The van der Waals surface area contributed by atoms with Gasteiger partial charge in [0.25, 0.3) is 0 Å². The van der Waals surface area contributed by atoms with Gasteiger partial charge < -0.3 is 15.4 Å². The number of benzene rings is 1. The van der Waals surface area contributed by atoms with Crippen LogP contribution in [0.2, 0.25) is 0 Å². The van der Waals surface area contributed by atoms with Gasteiger partial charge in [-0.05, 0) is 12.5 Å². The second-order valence-electron chi connectivity index (χ2n) is 5.83. The first kappa shape index (κ1) is 16.1. The van der Waals surface area contributed by atoms with Gasteiger partial charge in [0, 0.05) is 18.8 Å². The monoisotopic (exact) mass is 353 g/mol. The van der Waals surface area contributed by atoms with E-state index in [1.165, 1.54) is 0 Å². The first-order valence-corrected chi connectivity index (χ1v) is 9.04. The molecule has 0 bridgehead atoms. The molecule has 7 heteroatoms. The molecule has 0 aliphatic carbocycles. The second-order valence-corrected chi connectivity index (χ2v) is 6.86. The number of morpholine rings is 1. The summed E-state index contributed by atoms with van der Waals surface area (Å²) in [5.41, 5.74) is 2.10. The smallest absolute Gasteiger partial charge is 0.188 e. The van der Waals surface area contributed by atoms with Crippen molar-refractivity contribution in [1.82, 2.24) is 20.3 Å². The van der Waals surface area contributed by atoms with Crippen LogP contribution in [0.3, 0.4) is 0 Å². The number of rotatable bonds is 4. The molecule has 0 radical (unpaired) electrons. The van der Waals surface area contributed by atoms with Gasteiger partial charge in [-0.25, -0.2) is 15.0 Å². The van der Waals surface area contributed by atoms with Gasteiger partial charge in [-0.1, -0.05) is 41.7 Å². The Bertz CT molecular complexity index is 846. The lowest BCUT2D eigenvalue weighted by Crippen LogP contribution is -2.35. The van der Waals surface area contributed by atoms with Gasteiger partial charge in [0.2, 0.25) is 0 Å². The topological polar surface area (TPSA) is 72.0 Å². The molecule has 1 aliphatic rings. The van der Waals surface area contributed by atoms with E-state index < -0.39 is 0 Å². The molecule has 0 saturated carbocycles. The third-order valence-electron chi connectivity index (χ3n) is 3.94. The lowest BCUT2D eigenvalue weighted by atomic mass is 10.2. The number of nitrogens with one attached hydrogen (secondary N) is 2. The first-order valence-electron chi connectivity index (χ1n) is 8.23. The zero-order valence-electron chi connectivity index (χ0n) is 13.9. The maximum Gasteiger partial charge on any atom is 0.188 e. The molecule has 0 spiro atoms. The molecule has 1 fully saturated rings. The van der Waals surface area contributed by atoms with E-state index in [4.69, 9.17) is 4.74 Å². The SMILES string of the molecule is Cc1nc(Nc2ncc(-c3ccccc3)s2)cc([C@H]2COCCN2)n1. The molecule has 4 rings (SSSR count). The van der Waals surface area contributed by atoms with E-state index in [0.717, 1.165) is 46.1 Å². The molecule has 6 nitrogen and oxygen atoms in total. The lowest BCUT2D eigenvalue weighted by Gasteiger charge is -2.23. The van der Waals surface area contributed by atoms with Crippen LogP contribution in [0.15, 0.2) is 42.6 Å². The highest BCUT2D eigenvalue weighted by Crippen LogP contribution is 2.30. The van der Waals surface area contributed by atoms with Crippen LogP contribution in [0.1, 0.15) is 17.6 Å². The van der Waals surface area contributed by atoms with Gasteiger partial charge >= 0.3 is 0 Å². The molecule has 3 heterocycles. The van der Waals surface area contributed by atoms with Gasteiger partial charge in [0.1, 0.15) is 11.6 Å². The highest BCUT2D eigenvalue weighted by atomic mass is 32.1. The number of ether oxygens (including phenoxy) is 1. The maximum absolute atomic E-state index is 5.53. The molecule has 2 aromatic heterocycles. The fourth-order valence-corrected chi connectivity index (χ4v) is 3.59. The largest absolute Gasteiger partial charge is 0.378 e. The van der Waals surface area contributed by atoms with Crippen LogP contribution in [0.25, 0.3) is 10.4 Å². The van der Waals surface area contributed by atoms with Crippen molar-refractivity contribution in [3.8, 4) is 10.4 Å². The Kier molecular flexibility index (Phi) is 4.69. The van der Waals surface area contributed by atoms with Crippen LogP contribution < -0.4 is 10.6 Å². The molecule has 1 aromatic carbocycles. The summed E-state index contributed by atoms with van der Waals surface area (Å²) < 4.78 is 5.53. The number of nitrogens with zero attached hydrogens (tertiary/aromatic N) is 3. The highest BCUT2D eigenvalue weighted by Gasteiger charge is 2.18. The number of anilines is 2. The van der Waals surface area contributed by atoms with Gasteiger partial charge in [-0.15, -0.1) is 0 Å². The quantitative estimate of drug-likeness (QED) is 0.750. The zero-order valence-corrected chi connectivity index (χ0v) is 14.7. The number of thiazole rings is 1. The summed E-state index contributed by atoms with van der Waals surface area (Å²) in [7, 11) is 0. The van der Waals surface area contributed by atoms with Gasteiger partial charge in [-0.3, -0.25) is 0 Å². The van der Waals surface area contributed by atoms with E-state index in [2.05, 4.69) is 37.7 Å². The van der Waals surface area contributed by atoms with E-state index in [9.17, 15) is 0 Å². The Balaban J connectivity index is 1.54. The van der Waals surface area contributed by atoms with Crippen LogP contribution in [0, 0.1) is 6.92 Å². The van der Waals surface area contributed by atoms with Gasteiger partial charge in [-0.2, -0.15) is 0 Å². The Morgan fingerprint density at radius 3 is 2.92 bits per heavy atom. The summed E-state index contributed by atoms with van der Waals surface area (Å²) >= 11 is 1.61. The van der Waals surface area contributed by atoms with Gasteiger partial charge in [0.05, 0.1) is 29.8 Å². The maximum atomic E-state index is 5.53. The number of hydrogen-bond donors (Lipinski definition) is 2. The molecule has 1 saturated heterocycles. The van der Waals surface area contributed by atoms with Crippen molar-refractivity contribution in [2.45, 2.75) is 13.0 Å². The third-order valence-corrected chi connectivity index (χ3v) is 4.90. The normalized spacial score (nSPS) is 17.4. The van der Waals surface area contributed by atoms with Crippen LogP contribution in [-0.2, 0) is 4.74 Å². The van der Waals surface area contributed by atoms with Crippen LogP contribution in [0.4, 0.5) is 10.9 Å². The summed E-state index contributed by atoms with van der Waals surface area (Å²) in [6.45, 7) is 4.11. The molecule has 0 amide bonds. The Morgan fingerprint density at radius 1 is 1.24 bits per heavy atom. The van der Waals surface area contributed by atoms with Crippen molar-refractivity contribution in [3.63, 3.8) is 0 Å². The van der Waals surface area contributed by atoms with Crippen molar-refractivity contribution in [2.24, 2.45) is 0 Å². The molecular formula is C18H19N5OS. The Hall–Kier alpha value is -2.35. The van der Waals surface area contributed by atoms with E-state index in [1.54, 1.807) is 11.3 Å². The average Bonchev–Trinajstić information content (AvgIpc) is 3.11. The van der Waals surface area contributed by atoms with Crippen molar-refractivity contribution < 1.29 is 4.74 Å². The average molecular weight is 353 g/mol. The van der Waals surface area contributed by atoms with Crippen LogP contribution in [0.5, 0.6) is 0 Å². The predicted octanol–water partition coefficient (Wildman–Crippen LogP) is 3.31. The molecule has 2 N–H and O–H groups in total. The molecule has 1 aliphatic heterocycles. The van der Waals surface area contributed by atoms with Gasteiger partial charge in [0.15, 0.2) is 5.13 Å². The summed E-state index contributed by atoms with van der Waals surface area (Å²) in [4.78, 5) is 14.6. The van der Waals surface area contributed by atoms with E-state index in [0.29, 0.717) is 6.61 Å². The minimum Gasteiger partial charge on any atom is -0.378 e. The zero-order chi connectivity index (χ0) is 17.1. The third kappa shape index (κ3) is 3.84. The minimum atomic E-state index is 0.104. The Labute approximate surface area is 150 Å². The van der Waals surface area contributed by atoms with Crippen molar-refractivity contribution >= 4 is 22.3 Å². The fourth-order valence-electron chi connectivity index (χ4n) is 2.77. The summed E-state index contributed by atoms with van der Waals surface area (Å²) in [5.74, 6) is 1.48. The first-order chi connectivity index (χ1) is 12.3.